The quantitative estimate of drug-likeness (QED) is 0.0445. The molecule has 0 radical (unpaired) electrons. The van der Waals surface area contributed by atoms with Crippen LogP contribution in [0.15, 0.2) is 449 Å². The highest BCUT2D eigenvalue weighted by Crippen LogP contribution is 2.40. The van der Waals surface area contributed by atoms with Gasteiger partial charge < -0.3 is 19.6 Å². The molecule has 4 nitrogen and oxygen atoms in total. The first-order valence-electron chi connectivity index (χ1n) is 46.7. The molecule has 0 aliphatic carbocycles. The molecule has 0 spiro atoms. The summed E-state index contributed by atoms with van der Waals surface area (Å²) >= 11 is 0. The van der Waals surface area contributed by atoms with Crippen molar-refractivity contribution in [1.82, 2.24) is 0 Å². The van der Waals surface area contributed by atoms with Crippen molar-refractivity contribution in [3.63, 3.8) is 0 Å². The smallest absolute Gasteiger partial charge is 0.0458 e. The van der Waals surface area contributed by atoms with Gasteiger partial charge in [0.25, 0.3) is 0 Å². The van der Waals surface area contributed by atoms with E-state index in [1.165, 1.54) is 151 Å². The molecule has 0 atom stereocenters. The zero-order valence-electron chi connectivity index (χ0n) is 77.5. The maximum atomic E-state index is 2.38. The predicted molar refractivity (Wildman–Crippen MR) is 558 cm³/mol. The van der Waals surface area contributed by atoms with E-state index in [0.29, 0.717) is 0 Å². The highest BCUT2D eigenvalue weighted by molar-refractivity contribution is 5.89. The molecule has 0 heterocycles. The van der Waals surface area contributed by atoms with Gasteiger partial charge in [0.2, 0.25) is 0 Å². The number of anilines is 8. The van der Waals surface area contributed by atoms with E-state index in [1.54, 1.807) is 0 Å². The van der Waals surface area contributed by atoms with Crippen LogP contribution in [-0.4, -0.2) is 0 Å². The number of hydrogen-bond donors (Lipinski definition) is 0. The van der Waals surface area contributed by atoms with Crippen LogP contribution in [0.2, 0.25) is 0 Å². The van der Waals surface area contributed by atoms with Gasteiger partial charge in [-0.15, -0.1) is 0 Å². The van der Waals surface area contributed by atoms with Gasteiger partial charge in [0.15, 0.2) is 0 Å². The second-order valence-electron chi connectivity index (χ2n) is 32.5. The summed E-state index contributed by atoms with van der Waals surface area (Å²) in [6.45, 7) is 24.2. The lowest BCUT2D eigenvalue weighted by Crippen LogP contribution is -2.16. The number of aryl methyl sites for hydroxylation is 10. The first kappa shape index (κ1) is 92.4. The van der Waals surface area contributed by atoms with Crippen LogP contribution >= 0.6 is 0 Å². The molecule has 4 heteroatoms. The highest BCUT2D eigenvalue weighted by atomic mass is 15.2. The zero-order chi connectivity index (χ0) is 89.9. The lowest BCUT2D eigenvalue weighted by atomic mass is 9.95. The highest BCUT2D eigenvalue weighted by Gasteiger charge is 2.21. The fraction of sp³-hybridized carbons (Fsp3) is 0.168. The topological polar surface area (TPSA) is 13.0 Å². The van der Waals surface area contributed by atoms with E-state index in [1.807, 2.05) is 0 Å². The predicted octanol–water partition coefficient (Wildman–Crippen LogP) is 33.7. The second kappa shape index (κ2) is 47.8. The summed E-state index contributed by atoms with van der Waals surface area (Å²) in [7, 11) is 0. The van der Waals surface area contributed by atoms with Gasteiger partial charge in [-0.05, 0) is 268 Å². The van der Waals surface area contributed by atoms with Gasteiger partial charge >= 0.3 is 0 Å². The molecule has 0 N–H and O–H groups in total. The number of benzene rings is 16. The molecule has 646 valence electrons. The van der Waals surface area contributed by atoms with Crippen LogP contribution in [0.3, 0.4) is 0 Å². The normalized spacial score (nSPS) is 10.6. The van der Waals surface area contributed by atoms with Crippen LogP contribution in [-0.2, 0) is 64.2 Å². The van der Waals surface area contributed by atoms with Gasteiger partial charge in [0.1, 0.15) is 0 Å². The SMILES string of the molecule is CCc1ccc(C(=CN(c2ccc(CC)cc2)c2ccc(CC)cc2)c2ccc(CC)cc2)cc1.CCc1ccc(C(=CN(c2ccccc2)c2ccccc2)c2ccc(CC)cc2)cc1.CCc1ccc(N(C(C)=C(c2ccccc2)c2ccccc2)c2ccc(CC)cc2)cc1.CCc1ccc(N(C=C(c2ccccc2)c2ccccc2)c2ccc(CC)cc2)cc1. The molecule has 129 heavy (non-hydrogen) atoms. The number of allylic oxidation sites excluding steroid dienone is 1. The van der Waals surface area contributed by atoms with Crippen LogP contribution in [0.5, 0.6) is 0 Å². The van der Waals surface area contributed by atoms with Crippen molar-refractivity contribution in [2.45, 2.75) is 140 Å². The second-order valence-corrected chi connectivity index (χ2v) is 32.5. The Morgan fingerprint density at radius 3 is 0.496 bits per heavy atom. The molecule has 0 saturated carbocycles. The molecule has 16 aromatic carbocycles. The average Bonchev–Trinajstić information content (AvgIpc) is 0.780. The van der Waals surface area contributed by atoms with Crippen molar-refractivity contribution >= 4 is 67.8 Å². The standard InChI is InChI=1S/C34H37N.C31H31N.2C30H29N/c1-5-26-9-17-30(18-10-26)34(31-19-11-27(6-2)12-20-31)25-35(32-21-13-28(7-3)14-22-32)33-23-15-29(8-4)16-24-33;1-4-25-16-20-29(21-17-25)32(30-22-18-26(5-2)19-23-30)24(3)31(27-12-8-6-9-13-27)28-14-10-7-11-15-28;1-3-24-15-19-26(20-16-24)30(27-21-17-25(4-2)18-22-27)23-31(28-11-7-5-8-12-28)29-13-9-6-10-14-29;1-3-24-15-19-28(20-16-24)31(29-21-17-25(4-2)18-22-29)23-30(26-11-7-5-8-12-26)27-13-9-6-10-14-27/h9-25H,5-8H2,1-4H3;6-23H,4-5H2,1-3H3;2*5-23H,3-4H2,1-2H3. The lowest BCUT2D eigenvalue weighted by molar-refractivity contribution is 1.11. The minimum absolute atomic E-state index is 1.04. The summed E-state index contributed by atoms with van der Waals surface area (Å²) in [6.07, 6.45) is 17.3. The Balaban J connectivity index is 0.000000147. The molecular formula is C125H126N4. The Hall–Kier alpha value is -14.3. The Kier molecular flexibility index (Phi) is 34.3. The third-order valence-corrected chi connectivity index (χ3v) is 24.2. The van der Waals surface area contributed by atoms with E-state index in [0.717, 1.165) is 87.0 Å². The van der Waals surface area contributed by atoms with Gasteiger partial charge in [0.05, 0.1) is 0 Å². The van der Waals surface area contributed by atoms with Crippen molar-refractivity contribution in [3.8, 4) is 0 Å². The molecule has 0 unspecified atom stereocenters. The van der Waals surface area contributed by atoms with E-state index in [-0.39, 0.29) is 0 Å². The zero-order valence-corrected chi connectivity index (χ0v) is 77.5. The van der Waals surface area contributed by atoms with Crippen LogP contribution in [0.1, 0.15) is 176 Å². The number of rotatable bonds is 30. The minimum atomic E-state index is 1.04. The first-order valence-corrected chi connectivity index (χ1v) is 46.7. The van der Waals surface area contributed by atoms with Crippen LogP contribution in [0.4, 0.5) is 45.5 Å². The maximum Gasteiger partial charge on any atom is 0.0458 e. The van der Waals surface area contributed by atoms with E-state index in [2.05, 4.69) is 539 Å². The van der Waals surface area contributed by atoms with E-state index in [4.69, 9.17) is 0 Å². The van der Waals surface area contributed by atoms with Gasteiger partial charge in [-0.2, -0.15) is 0 Å². The average molecular weight is 1680 g/mol. The van der Waals surface area contributed by atoms with E-state index >= 15 is 0 Å². The molecule has 0 saturated heterocycles. The number of nitrogens with zero attached hydrogens (tertiary/aromatic N) is 4. The first-order chi connectivity index (χ1) is 63.4. The fourth-order valence-electron chi connectivity index (χ4n) is 16.1. The minimum Gasteiger partial charge on any atom is -0.317 e. The summed E-state index contributed by atoms with van der Waals surface area (Å²) in [5.74, 6) is 0. The molecule has 16 aromatic rings. The Bertz CT molecular complexity index is 5780. The van der Waals surface area contributed by atoms with Gasteiger partial charge in [-0.3, -0.25) is 0 Å². The van der Waals surface area contributed by atoms with E-state index < -0.39 is 0 Å². The third-order valence-electron chi connectivity index (χ3n) is 24.2. The van der Waals surface area contributed by atoms with Crippen LogP contribution in [0.25, 0.3) is 22.3 Å². The molecule has 0 fully saturated rings. The molecule has 0 aliphatic heterocycles. The summed E-state index contributed by atoms with van der Waals surface area (Å²) in [5.41, 5.74) is 38.6. The van der Waals surface area contributed by atoms with Crippen LogP contribution < -0.4 is 19.6 Å². The van der Waals surface area contributed by atoms with Crippen molar-refractivity contribution in [1.29, 1.82) is 0 Å². The third kappa shape index (κ3) is 25.1. The lowest BCUT2D eigenvalue weighted by Gasteiger charge is -2.29. The summed E-state index contributed by atoms with van der Waals surface area (Å²) in [5, 5.41) is 0. The summed E-state index contributed by atoms with van der Waals surface area (Å²) in [4.78, 5) is 9.29. The van der Waals surface area contributed by atoms with Gasteiger partial charge in [0, 0.05) is 92.1 Å². The Labute approximate surface area is 771 Å². The van der Waals surface area contributed by atoms with Crippen molar-refractivity contribution in [2.24, 2.45) is 0 Å². The van der Waals surface area contributed by atoms with Gasteiger partial charge in [-0.25, -0.2) is 0 Å². The van der Waals surface area contributed by atoms with E-state index in [9.17, 15) is 0 Å². The summed E-state index contributed by atoms with van der Waals surface area (Å²) in [6, 6.07) is 153. The Morgan fingerprint density at radius 2 is 0.310 bits per heavy atom. The largest absolute Gasteiger partial charge is 0.317 e. The fourth-order valence-corrected chi connectivity index (χ4v) is 16.1. The number of para-hydroxylation sites is 2. The molecular weight excluding hydrogens is 1560 g/mol. The summed E-state index contributed by atoms with van der Waals surface area (Å²) < 4.78 is 0. The molecule has 16 rings (SSSR count). The molecule has 0 amide bonds. The van der Waals surface area contributed by atoms with Crippen molar-refractivity contribution in [3.05, 3.63) is 549 Å². The van der Waals surface area contributed by atoms with Crippen LogP contribution in [0, 0.1) is 0 Å². The molecule has 0 aliphatic rings. The maximum absolute atomic E-state index is 2.38. The van der Waals surface area contributed by atoms with Crippen molar-refractivity contribution < 1.29 is 0 Å². The molecule has 0 aromatic heterocycles. The monoisotopic (exact) mass is 1680 g/mol. The number of hydrogen-bond acceptors (Lipinski definition) is 4. The Morgan fingerprint density at radius 1 is 0.163 bits per heavy atom. The van der Waals surface area contributed by atoms with Gasteiger partial charge in [-0.1, -0.05) is 397 Å². The van der Waals surface area contributed by atoms with Crippen molar-refractivity contribution in [2.75, 3.05) is 19.6 Å². The molecule has 0 bridgehead atoms.